The molecule has 0 saturated carbocycles. The molecule has 0 fully saturated rings. The van der Waals surface area contributed by atoms with Crippen molar-refractivity contribution >= 4 is 22.7 Å². The van der Waals surface area contributed by atoms with E-state index in [0.717, 1.165) is 17.2 Å². The van der Waals surface area contributed by atoms with Crippen LogP contribution in [0.15, 0.2) is 54.7 Å². The number of benzene rings is 2. The predicted octanol–water partition coefficient (Wildman–Crippen LogP) is 4.24. The molecule has 1 aliphatic heterocycles. The lowest BCUT2D eigenvalue weighted by molar-refractivity contribution is -0.265. The number of hydrogen-bond donors (Lipinski definition) is 3. The molecule has 1 aliphatic rings. The van der Waals surface area contributed by atoms with Crippen LogP contribution in [-0.2, 0) is 15.8 Å². The number of halogens is 3. The van der Waals surface area contributed by atoms with Crippen LogP contribution in [0.25, 0.3) is 22.2 Å². The molecule has 12 heteroatoms. The Bertz CT molecular complexity index is 1760. The van der Waals surface area contributed by atoms with Crippen LogP contribution >= 0.6 is 0 Å². The first-order chi connectivity index (χ1) is 20.2. The van der Waals surface area contributed by atoms with Gasteiger partial charge in [0.2, 0.25) is 11.5 Å². The zero-order valence-corrected chi connectivity index (χ0v) is 23.8. The second kappa shape index (κ2) is 10.5. The monoisotopic (exact) mass is 594 g/mol. The van der Waals surface area contributed by atoms with E-state index in [1.807, 2.05) is 6.92 Å². The zero-order valence-electron chi connectivity index (χ0n) is 23.8. The summed E-state index contributed by atoms with van der Waals surface area (Å²) in [6.07, 6.45) is -3.67. The van der Waals surface area contributed by atoms with E-state index in [0.29, 0.717) is 16.5 Å². The van der Waals surface area contributed by atoms with Crippen molar-refractivity contribution in [2.45, 2.75) is 38.0 Å². The first-order valence-electron chi connectivity index (χ1n) is 13.3. The number of ether oxygens (including phenoxy) is 2. The third-order valence-corrected chi connectivity index (χ3v) is 7.71. The average Bonchev–Trinajstić information content (AvgIpc) is 3.32. The molecule has 0 bridgehead atoms. The summed E-state index contributed by atoms with van der Waals surface area (Å²) in [5.41, 5.74) is 2.28. The maximum absolute atomic E-state index is 14.7. The van der Waals surface area contributed by atoms with E-state index in [-0.39, 0.29) is 34.9 Å². The highest BCUT2D eigenvalue weighted by Gasteiger charge is 2.57. The third kappa shape index (κ3) is 5.11. The summed E-state index contributed by atoms with van der Waals surface area (Å²) in [6.45, 7) is 3.59. The fourth-order valence-corrected chi connectivity index (χ4v) is 4.97. The molecule has 0 spiro atoms. The molecule has 2 atom stereocenters. The highest BCUT2D eigenvalue weighted by molar-refractivity contribution is 6.00. The molecule has 2 aromatic carbocycles. The summed E-state index contributed by atoms with van der Waals surface area (Å²) in [6, 6.07) is 12.3. The number of carbonyl (C=O) groups is 2. The van der Waals surface area contributed by atoms with E-state index in [1.165, 1.54) is 26.2 Å². The number of hydrogen-bond acceptors (Lipinski definition) is 7. The number of primary amides is 1. The van der Waals surface area contributed by atoms with Gasteiger partial charge in [0.1, 0.15) is 34.7 Å². The molecule has 5 rings (SSSR count). The summed E-state index contributed by atoms with van der Waals surface area (Å²) in [5.74, 6) is -1.37. The van der Waals surface area contributed by atoms with Crippen LogP contribution in [0, 0.1) is 13.8 Å². The van der Waals surface area contributed by atoms with Crippen LogP contribution in [0.1, 0.15) is 39.7 Å². The Kier molecular flexibility index (Phi) is 7.29. The second-order valence-electron chi connectivity index (χ2n) is 10.9. The average molecular weight is 595 g/mol. The first kappa shape index (κ1) is 29.8. The molecule has 0 unspecified atom stereocenters. The molecule has 4 aromatic rings. The molecule has 9 nitrogen and oxygen atoms in total. The summed E-state index contributed by atoms with van der Waals surface area (Å²) in [5, 5.41) is 14.0. The van der Waals surface area contributed by atoms with Crippen molar-refractivity contribution in [1.82, 2.24) is 15.3 Å². The number of fused-ring (bicyclic) bond motifs is 2. The lowest BCUT2D eigenvalue weighted by atomic mass is 9.81. The topological polar surface area (TPSA) is 137 Å². The molecule has 224 valence electrons. The number of aliphatic hydroxyl groups is 1. The number of methoxy groups -OCH3 is 1. The third-order valence-electron chi connectivity index (χ3n) is 7.71. The number of alkyl halides is 3. The maximum atomic E-state index is 14.7. The molecule has 4 N–H and O–H groups in total. The normalized spacial score (nSPS) is 17.6. The molecule has 0 radical (unpaired) electrons. The minimum Gasteiger partial charge on any atom is -0.494 e. The van der Waals surface area contributed by atoms with Crippen molar-refractivity contribution < 1.29 is 37.3 Å². The SMILES string of the molecule is COc1cc(C(=O)NC[C@](O)(c2cc3c(c(-c4ccc(C)cc4)n2)OC[C@]3(C)C(N)=O)C(F)(F)F)cc2cc(C)cnc12. The lowest BCUT2D eigenvalue weighted by Gasteiger charge is -2.31. The van der Waals surface area contributed by atoms with Crippen molar-refractivity contribution in [3.05, 3.63) is 82.7 Å². The van der Waals surface area contributed by atoms with E-state index >= 15 is 0 Å². The second-order valence-corrected chi connectivity index (χ2v) is 10.9. The largest absolute Gasteiger partial charge is 0.494 e. The van der Waals surface area contributed by atoms with Gasteiger partial charge in [-0.25, -0.2) is 4.98 Å². The van der Waals surface area contributed by atoms with E-state index in [9.17, 15) is 27.9 Å². The zero-order chi connectivity index (χ0) is 31.3. The maximum Gasteiger partial charge on any atom is 0.424 e. The van der Waals surface area contributed by atoms with Crippen LogP contribution in [0.2, 0.25) is 0 Å². The highest BCUT2D eigenvalue weighted by Crippen LogP contribution is 2.47. The Hall–Kier alpha value is -4.71. The number of aryl methyl sites for hydroxylation is 2. The molecular weight excluding hydrogens is 565 g/mol. The van der Waals surface area contributed by atoms with Crippen LogP contribution in [0.3, 0.4) is 0 Å². The van der Waals surface area contributed by atoms with Gasteiger partial charge in [-0.2, -0.15) is 13.2 Å². The fourth-order valence-electron chi connectivity index (χ4n) is 4.97. The van der Waals surface area contributed by atoms with Gasteiger partial charge in [0, 0.05) is 28.3 Å². The minimum absolute atomic E-state index is 0.00163. The number of amides is 2. The van der Waals surface area contributed by atoms with E-state index < -0.39 is 41.2 Å². The van der Waals surface area contributed by atoms with Gasteiger partial charge >= 0.3 is 6.18 Å². The van der Waals surface area contributed by atoms with Crippen LogP contribution in [0.4, 0.5) is 13.2 Å². The number of aromatic nitrogens is 2. The number of nitrogens with two attached hydrogens (primary N) is 1. The van der Waals surface area contributed by atoms with Crippen LogP contribution < -0.4 is 20.5 Å². The van der Waals surface area contributed by atoms with E-state index in [4.69, 9.17) is 15.2 Å². The van der Waals surface area contributed by atoms with Crippen molar-refractivity contribution in [3.63, 3.8) is 0 Å². The number of pyridine rings is 2. The van der Waals surface area contributed by atoms with Gasteiger partial charge < -0.3 is 25.6 Å². The molecule has 43 heavy (non-hydrogen) atoms. The summed E-state index contributed by atoms with van der Waals surface area (Å²) >= 11 is 0. The fraction of sp³-hybridized carbons (Fsp3) is 0.290. The van der Waals surface area contributed by atoms with Gasteiger partial charge in [-0.05, 0) is 50.6 Å². The van der Waals surface area contributed by atoms with Gasteiger partial charge in [-0.1, -0.05) is 29.8 Å². The van der Waals surface area contributed by atoms with Crippen molar-refractivity contribution in [2.75, 3.05) is 20.3 Å². The van der Waals surface area contributed by atoms with Crippen LogP contribution in [-0.4, -0.2) is 53.3 Å². The lowest BCUT2D eigenvalue weighted by Crippen LogP contribution is -2.51. The first-order valence-corrected chi connectivity index (χ1v) is 13.3. The van der Waals surface area contributed by atoms with E-state index in [2.05, 4.69) is 15.3 Å². The Morgan fingerprint density at radius 1 is 1.12 bits per heavy atom. The molecule has 0 aliphatic carbocycles. The smallest absolute Gasteiger partial charge is 0.424 e. The summed E-state index contributed by atoms with van der Waals surface area (Å²) in [7, 11) is 1.38. The molecule has 2 amide bonds. The number of nitrogens with one attached hydrogen (secondary N) is 1. The van der Waals surface area contributed by atoms with Crippen molar-refractivity contribution in [3.8, 4) is 22.8 Å². The standard InChI is InChI=1S/C31H29F3N4O5/c1-16-5-7-18(8-6-16)25-26-21(29(3,15-43-26)28(35)40)12-23(38-25)30(41,31(32,33)34)14-37-27(39)20-10-19-9-17(2)13-36-24(19)22(11-20)42-4/h5-13,41H,14-15H2,1-4H3,(H2,35,40)(H,37,39)/t29-,30-/m0/s1. The molecule has 2 aromatic heterocycles. The van der Waals surface area contributed by atoms with Crippen molar-refractivity contribution in [2.24, 2.45) is 5.73 Å². The Labute approximate surface area is 244 Å². The molecular formula is C31H29F3N4O5. The molecule has 0 saturated heterocycles. The summed E-state index contributed by atoms with van der Waals surface area (Å²) < 4.78 is 55.2. The number of carbonyl (C=O) groups excluding carboxylic acids is 2. The predicted molar refractivity (Wildman–Crippen MR) is 152 cm³/mol. The van der Waals surface area contributed by atoms with Crippen LogP contribution in [0.5, 0.6) is 11.5 Å². The van der Waals surface area contributed by atoms with Crippen molar-refractivity contribution in [1.29, 1.82) is 0 Å². The summed E-state index contributed by atoms with van der Waals surface area (Å²) in [4.78, 5) is 34.1. The Morgan fingerprint density at radius 3 is 2.44 bits per heavy atom. The van der Waals surface area contributed by atoms with Gasteiger partial charge in [0.05, 0.1) is 19.3 Å². The minimum atomic E-state index is -5.29. The van der Waals surface area contributed by atoms with Gasteiger partial charge in [0.15, 0.2) is 0 Å². The quantitative estimate of drug-likeness (QED) is 0.291. The number of nitrogens with zero attached hydrogens (tertiary/aromatic N) is 2. The Balaban J connectivity index is 1.59. The van der Waals surface area contributed by atoms with Gasteiger partial charge in [0.25, 0.3) is 5.91 Å². The van der Waals surface area contributed by atoms with Gasteiger partial charge in [-0.3, -0.25) is 14.6 Å². The Morgan fingerprint density at radius 2 is 1.81 bits per heavy atom. The van der Waals surface area contributed by atoms with E-state index in [1.54, 1.807) is 43.5 Å². The number of rotatable bonds is 7. The molecule has 3 heterocycles. The van der Waals surface area contributed by atoms with Gasteiger partial charge in [-0.15, -0.1) is 0 Å². The highest BCUT2D eigenvalue weighted by atomic mass is 19.4.